The summed E-state index contributed by atoms with van der Waals surface area (Å²) in [6, 6.07) is 17.3. The van der Waals surface area contributed by atoms with Gasteiger partial charge < -0.3 is 15.6 Å². The molecule has 6 nitrogen and oxygen atoms in total. The first-order valence-electron chi connectivity index (χ1n) is 10.3. The topological polar surface area (TPSA) is 76.2 Å². The van der Waals surface area contributed by atoms with Crippen molar-refractivity contribution in [1.82, 2.24) is 14.5 Å². The lowest BCUT2D eigenvalue weighted by Gasteiger charge is -2.18. The molecular formula is C24H25N5O. The van der Waals surface area contributed by atoms with Crippen molar-refractivity contribution in [1.29, 1.82) is 0 Å². The second kappa shape index (κ2) is 7.80. The molecule has 3 heterocycles. The van der Waals surface area contributed by atoms with E-state index in [0.717, 1.165) is 42.3 Å². The fourth-order valence-corrected chi connectivity index (χ4v) is 4.47. The minimum atomic E-state index is -0.324. The van der Waals surface area contributed by atoms with Crippen molar-refractivity contribution in [2.24, 2.45) is 5.73 Å². The van der Waals surface area contributed by atoms with E-state index in [-0.39, 0.29) is 12.5 Å². The van der Waals surface area contributed by atoms with E-state index in [0.29, 0.717) is 6.04 Å². The van der Waals surface area contributed by atoms with Crippen molar-refractivity contribution < 1.29 is 4.79 Å². The Labute approximate surface area is 175 Å². The summed E-state index contributed by atoms with van der Waals surface area (Å²) in [6.07, 6.45) is 6.81. The van der Waals surface area contributed by atoms with Gasteiger partial charge in [-0.25, -0.2) is 0 Å². The van der Waals surface area contributed by atoms with Crippen molar-refractivity contribution in [2.45, 2.75) is 25.6 Å². The van der Waals surface area contributed by atoms with Gasteiger partial charge in [-0.3, -0.25) is 14.7 Å². The summed E-state index contributed by atoms with van der Waals surface area (Å²) < 4.78 is 1.90. The third kappa shape index (κ3) is 3.74. The van der Waals surface area contributed by atoms with E-state index in [1.54, 1.807) is 0 Å². The number of pyridine rings is 1. The fraction of sp³-hybridized carbons (Fsp3) is 0.250. The van der Waals surface area contributed by atoms with E-state index in [2.05, 4.69) is 57.7 Å². The number of fused-ring (bicyclic) bond motifs is 2. The van der Waals surface area contributed by atoms with Crippen LogP contribution in [0, 0.1) is 0 Å². The number of carbonyl (C=O) groups is 1. The SMILES string of the molecule is NC(=O)Cn1ccc2cc(CN3CCC(Nc4cccc5cnccc45)C3)ccc21. The van der Waals surface area contributed by atoms with Crippen molar-refractivity contribution in [3.8, 4) is 0 Å². The number of aromatic nitrogens is 2. The van der Waals surface area contributed by atoms with Gasteiger partial charge in [0.15, 0.2) is 0 Å². The lowest BCUT2D eigenvalue weighted by Crippen LogP contribution is -2.26. The van der Waals surface area contributed by atoms with Crippen LogP contribution in [0.3, 0.4) is 0 Å². The minimum Gasteiger partial charge on any atom is -0.380 e. The summed E-state index contributed by atoms with van der Waals surface area (Å²) in [4.78, 5) is 17.9. The Morgan fingerprint density at radius 1 is 1.17 bits per heavy atom. The normalized spacial score (nSPS) is 17.0. The van der Waals surface area contributed by atoms with Gasteiger partial charge in [0.05, 0.1) is 0 Å². The highest BCUT2D eigenvalue weighted by Gasteiger charge is 2.23. The number of likely N-dealkylation sites (tertiary alicyclic amines) is 1. The molecule has 1 aliphatic heterocycles. The maximum atomic E-state index is 11.2. The predicted molar refractivity (Wildman–Crippen MR) is 120 cm³/mol. The molecule has 0 saturated carbocycles. The van der Waals surface area contributed by atoms with E-state index >= 15 is 0 Å². The molecule has 2 aromatic carbocycles. The molecule has 0 spiro atoms. The monoisotopic (exact) mass is 399 g/mol. The molecule has 5 rings (SSSR count). The Bertz CT molecular complexity index is 1210. The standard InChI is InChI=1S/C24H25N5O/c25-24(30)16-29-11-7-18-12-17(4-5-23(18)29)14-28-10-8-20(15-28)27-22-3-1-2-19-13-26-9-6-21(19)22/h1-7,9,11-13,20,27H,8,10,14-16H2,(H2,25,30). The smallest absolute Gasteiger partial charge is 0.237 e. The maximum Gasteiger partial charge on any atom is 0.237 e. The molecule has 0 bridgehead atoms. The summed E-state index contributed by atoms with van der Waals surface area (Å²) in [5, 5.41) is 7.26. The van der Waals surface area contributed by atoms with Crippen LogP contribution >= 0.6 is 0 Å². The number of primary amides is 1. The summed E-state index contributed by atoms with van der Waals surface area (Å²) in [6.45, 7) is 3.23. The largest absolute Gasteiger partial charge is 0.380 e. The van der Waals surface area contributed by atoms with Crippen molar-refractivity contribution >= 4 is 33.3 Å². The Morgan fingerprint density at radius 3 is 3.00 bits per heavy atom. The van der Waals surface area contributed by atoms with Gasteiger partial charge in [0, 0.05) is 66.2 Å². The minimum absolute atomic E-state index is 0.215. The number of rotatable bonds is 6. The van der Waals surface area contributed by atoms with Crippen molar-refractivity contribution in [3.05, 3.63) is 72.7 Å². The molecule has 1 amide bonds. The summed E-state index contributed by atoms with van der Waals surface area (Å²) in [5.74, 6) is -0.324. The second-order valence-electron chi connectivity index (χ2n) is 8.07. The van der Waals surface area contributed by atoms with Gasteiger partial charge in [0.25, 0.3) is 0 Å². The highest BCUT2D eigenvalue weighted by molar-refractivity contribution is 5.93. The van der Waals surface area contributed by atoms with E-state index in [4.69, 9.17) is 5.73 Å². The van der Waals surface area contributed by atoms with Crippen molar-refractivity contribution in [2.75, 3.05) is 18.4 Å². The number of nitrogens with zero attached hydrogens (tertiary/aromatic N) is 3. The van der Waals surface area contributed by atoms with Gasteiger partial charge in [0.2, 0.25) is 5.91 Å². The van der Waals surface area contributed by atoms with Crippen LogP contribution < -0.4 is 11.1 Å². The number of amides is 1. The average Bonchev–Trinajstić information content (AvgIpc) is 3.34. The first kappa shape index (κ1) is 18.6. The molecule has 1 unspecified atom stereocenters. The maximum absolute atomic E-state index is 11.2. The average molecular weight is 399 g/mol. The zero-order chi connectivity index (χ0) is 20.5. The second-order valence-corrected chi connectivity index (χ2v) is 8.07. The summed E-state index contributed by atoms with van der Waals surface area (Å²) in [5.41, 5.74) is 8.85. The third-order valence-electron chi connectivity index (χ3n) is 5.88. The molecule has 0 radical (unpaired) electrons. The first-order chi connectivity index (χ1) is 14.7. The molecule has 152 valence electrons. The molecule has 0 aliphatic carbocycles. The number of nitrogens with two attached hydrogens (primary N) is 1. The van der Waals surface area contributed by atoms with Crippen LogP contribution in [0.2, 0.25) is 0 Å². The van der Waals surface area contributed by atoms with Gasteiger partial charge in [-0.15, -0.1) is 0 Å². The van der Waals surface area contributed by atoms with Gasteiger partial charge in [-0.05, 0) is 47.7 Å². The highest BCUT2D eigenvalue weighted by atomic mass is 16.1. The lowest BCUT2D eigenvalue weighted by atomic mass is 10.1. The molecule has 30 heavy (non-hydrogen) atoms. The number of nitrogens with one attached hydrogen (secondary N) is 1. The number of hydrogen-bond acceptors (Lipinski definition) is 4. The fourth-order valence-electron chi connectivity index (χ4n) is 4.47. The Hall–Kier alpha value is -3.38. The highest BCUT2D eigenvalue weighted by Crippen LogP contribution is 2.26. The van der Waals surface area contributed by atoms with Gasteiger partial charge in [-0.2, -0.15) is 0 Å². The molecule has 2 aromatic heterocycles. The molecule has 3 N–H and O–H groups in total. The van der Waals surface area contributed by atoms with E-state index in [9.17, 15) is 4.79 Å². The van der Waals surface area contributed by atoms with Crippen LogP contribution in [0.15, 0.2) is 67.1 Å². The van der Waals surface area contributed by atoms with Crippen LogP contribution in [-0.4, -0.2) is 39.5 Å². The molecule has 1 fully saturated rings. The van der Waals surface area contributed by atoms with Crippen LogP contribution in [0.25, 0.3) is 21.7 Å². The lowest BCUT2D eigenvalue weighted by molar-refractivity contribution is -0.118. The van der Waals surface area contributed by atoms with E-state index in [1.807, 2.05) is 29.2 Å². The van der Waals surface area contributed by atoms with Gasteiger partial charge in [-0.1, -0.05) is 18.2 Å². The number of benzene rings is 2. The van der Waals surface area contributed by atoms with Crippen LogP contribution in [-0.2, 0) is 17.9 Å². The molecule has 1 atom stereocenters. The quantitative estimate of drug-likeness (QED) is 0.521. The summed E-state index contributed by atoms with van der Waals surface area (Å²) >= 11 is 0. The van der Waals surface area contributed by atoms with Crippen LogP contribution in [0.1, 0.15) is 12.0 Å². The first-order valence-corrected chi connectivity index (χ1v) is 10.3. The molecule has 1 aliphatic rings. The number of hydrogen-bond donors (Lipinski definition) is 2. The van der Waals surface area contributed by atoms with Gasteiger partial charge >= 0.3 is 0 Å². The van der Waals surface area contributed by atoms with E-state index < -0.39 is 0 Å². The molecule has 4 aromatic rings. The Morgan fingerprint density at radius 2 is 2.10 bits per heavy atom. The van der Waals surface area contributed by atoms with Gasteiger partial charge in [0.1, 0.15) is 6.54 Å². The predicted octanol–water partition coefficient (Wildman–Crippen LogP) is 3.36. The molecule has 1 saturated heterocycles. The zero-order valence-electron chi connectivity index (χ0n) is 16.8. The summed E-state index contributed by atoms with van der Waals surface area (Å²) in [7, 11) is 0. The number of anilines is 1. The number of carbonyl (C=O) groups excluding carboxylic acids is 1. The van der Waals surface area contributed by atoms with Crippen LogP contribution in [0.4, 0.5) is 5.69 Å². The third-order valence-corrected chi connectivity index (χ3v) is 5.88. The molecular weight excluding hydrogens is 374 g/mol. The van der Waals surface area contributed by atoms with Crippen LogP contribution in [0.5, 0.6) is 0 Å². The zero-order valence-corrected chi connectivity index (χ0v) is 16.8. The Balaban J connectivity index is 1.25. The van der Waals surface area contributed by atoms with E-state index in [1.165, 1.54) is 16.6 Å². The molecule has 6 heteroatoms. The van der Waals surface area contributed by atoms with Crippen molar-refractivity contribution in [3.63, 3.8) is 0 Å². The Kier molecular flexibility index (Phi) is 4.85.